The summed E-state index contributed by atoms with van der Waals surface area (Å²) < 4.78 is 11.7. The van der Waals surface area contributed by atoms with Crippen molar-refractivity contribution in [1.29, 1.82) is 0 Å². The zero-order chi connectivity index (χ0) is 14.8. The van der Waals surface area contributed by atoms with Crippen molar-refractivity contribution in [3.8, 4) is 11.5 Å². The topological polar surface area (TPSA) is 18.5 Å². The normalized spacial score (nSPS) is 19.8. The molecule has 0 aromatic heterocycles. The predicted molar refractivity (Wildman–Crippen MR) is 83.5 cm³/mol. The molecule has 0 N–H and O–H groups in total. The molecule has 1 aromatic rings. The lowest BCUT2D eigenvalue weighted by Gasteiger charge is -2.16. The Labute approximate surface area is 122 Å². The van der Waals surface area contributed by atoms with Gasteiger partial charge in [-0.25, -0.2) is 0 Å². The molecule has 1 heterocycles. The van der Waals surface area contributed by atoms with Crippen LogP contribution >= 0.6 is 0 Å². The average Bonchev–Trinajstić information content (AvgIpc) is 2.66. The third kappa shape index (κ3) is 4.29. The summed E-state index contributed by atoms with van der Waals surface area (Å²) in [6.45, 7) is 10.9. The average molecular weight is 274 g/mol. The van der Waals surface area contributed by atoms with Crippen LogP contribution in [0.3, 0.4) is 0 Å². The van der Waals surface area contributed by atoms with Crippen LogP contribution in [0.15, 0.2) is 30.4 Å². The minimum atomic E-state index is 0.0780. The van der Waals surface area contributed by atoms with Crippen molar-refractivity contribution in [2.24, 2.45) is 5.41 Å². The molecule has 0 saturated heterocycles. The Morgan fingerprint density at radius 1 is 1.40 bits per heavy atom. The lowest BCUT2D eigenvalue weighted by Crippen LogP contribution is -2.09. The van der Waals surface area contributed by atoms with Crippen LogP contribution in [0.5, 0.6) is 11.5 Å². The van der Waals surface area contributed by atoms with Gasteiger partial charge in [0.25, 0.3) is 0 Å². The highest BCUT2D eigenvalue weighted by atomic mass is 16.5. The Hall–Kier alpha value is -1.44. The van der Waals surface area contributed by atoms with Gasteiger partial charge in [0, 0.05) is 12.5 Å². The summed E-state index contributed by atoms with van der Waals surface area (Å²) in [5, 5.41) is 0. The summed E-state index contributed by atoms with van der Waals surface area (Å²) in [5.74, 6) is 1.85. The second kappa shape index (κ2) is 5.90. The molecule has 0 fully saturated rings. The molecule has 1 aromatic carbocycles. The first-order valence-electron chi connectivity index (χ1n) is 7.46. The van der Waals surface area contributed by atoms with Gasteiger partial charge in [-0.2, -0.15) is 0 Å². The monoisotopic (exact) mass is 274 g/mol. The van der Waals surface area contributed by atoms with Crippen LogP contribution < -0.4 is 9.47 Å². The SMILES string of the molecule is CC(C=CCC(C)(C)C)Oc1ccc2c(c1)OC(C)C2. The van der Waals surface area contributed by atoms with Gasteiger partial charge in [0.05, 0.1) is 0 Å². The van der Waals surface area contributed by atoms with E-state index in [2.05, 4.69) is 52.8 Å². The fourth-order valence-corrected chi connectivity index (χ4v) is 2.32. The van der Waals surface area contributed by atoms with Gasteiger partial charge < -0.3 is 9.47 Å². The molecule has 110 valence electrons. The number of allylic oxidation sites excluding steroid dienone is 1. The summed E-state index contributed by atoms with van der Waals surface area (Å²) >= 11 is 0. The molecule has 2 rings (SSSR count). The van der Waals surface area contributed by atoms with Crippen molar-refractivity contribution < 1.29 is 9.47 Å². The highest BCUT2D eigenvalue weighted by molar-refractivity contribution is 5.43. The number of rotatable bonds is 4. The molecule has 0 amide bonds. The van der Waals surface area contributed by atoms with Gasteiger partial charge in [-0.05, 0) is 43.4 Å². The zero-order valence-corrected chi connectivity index (χ0v) is 13.3. The molecule has 2 atom stereocenters. The standard InChI is InChI=1S/C18H26O2/c1-13(7-6-10-18(3,4)5)19-16-9-8-15-11-14(2)20-17(15)12-16/h6-9,12-14H,10-11H2,1-5H3. The first-order chi connectivity index (χ1) is 9.33. The van der Waals surface area contributed by atoms with Crippen LogP contribution in [0.4, 0.5) is 0 Å². The molecule has 2 unspecified atom stereocenters. The first kappa shape index (κ1) is 15.0. The number of ether oxygens (including phenoxy) is 2. The third-order valence-electron chi connectivity index (χ3n) is 3.33. The third-order valence-corrected chi connectivity index (χ3v) is 3.33. The van der Waals surface area contributed by atoms with E-state index in [1.807, 2.05) is 12.1 Å². The fourth-order valence-electron chi connectivity index (χ4n) is 2.32. The Bertz CT molecular complexity index is 483. The van der Waals surface area contributed by atoms with Crippen LogP contribution in [-0.2, 0) is 6.42 Å². The molecular weight excluding hydrogens is 248 g/mol. The summed E-state index contributed by atoms with van der Waals surface area (Å²) in [7, 11) is 0. The van der Waals surface area contributed by atoms with Crippen molar-refractivity contribution in [2.45, 2.75) is 59.7 Å². The quantitative estimate of drug-likeness (QED) is 0.736. The van der Waals surface area contributed by atoms with Crippen LogP contribution in [-0.4, -0.2) is 12.2 Å². The van der Waals surface area contributed by atoms with E-state index < -0.39 is 0 Å². The maximum absolute atomic E-state index is 5.92. The van der Waals surface area contributed by atoms with Crippen LogP contribution in [0.1, 0.15) is 46.6 Å². The van der Waals surface area contributed by atoms with Gasteiger partial charge in [0.1, 0.15) is 23.7 Å². The molecule has 0 saturated carbocycles. The predicted octanol–water partition coefficient (Wildman–Crippen LogP) is 4.77. The largest absolute Gasteiger partial charge is 0.490 e. The van der Waals surface area contributed by atoms with Crippen LogP contribution in [0, 0.1) is 5.41 Å². The molecule has 0 spiro atoms. The zero-order valence-electron chi connectivity index (χ0n) is 13.3. The summed E-state index contributed by atoms with van der Waals surface area (Å²) in [4.78, 5) is 0. The second-order valence-electron chi connectivity index (χ2n) is 6.92. The Morgan fingerprint density at radius 2 is 2.15 bits per heavy atom. The molecule has 1 aliphatic heterocycles. The van der Waals surface area contributed by atoms with Gasteiger partial charge in [-0.1, -0.05) is 32.9 Å². The van der Waals surface area contributed by atoms with E-state index in [0.717, 1.165) is 24.3 Å². The molecular formula is C18H26O2. The Kier molecular flexibility index (Phi) is 4.42. The van der Waals surface area contributed by atoms with Gasteiger partial charge in [0.15, 0.2) is 0 Å². The van der Waals surface area contributed by atoms with Gasteiger partial charge >= 0.3 is 0 Å². The Balaban J connectivity index is 1.92. The highest BCUT2D eigenvalue weighted by Gasteiger charge is 2.19. The highest BCUT2D eigenvalue weighted by Crippen LogP contribution is 2.32. The minimum Gasteiger partial charge on any atom is -0.490 e. The maximum atomic E-state index is 5.92. The molecule has 2 nitrogen and oxygen atoms in total. The summed E-state index contributed by atoms with van der Waals surface area (Å²) in [6.07, 6.45) is 6.75. The molecule has 1 aliphatic rings. The van der Waals surface area contributed by atoms with E-state index in [1.54, 1.807) is 0 Å². The first-order valence-corrected chi connectivity index (χ1v) is 7.46. The van der Waals surface area contributed by atoms with E-state index in [-0.39, 0.29) is 12.2 Å². The van der Waals surface area contributed by atoms with Crippen molar-refractivity contribution in [1.82, 2.24) is 0 Å². The van der Waals surface area contributed by atoms with Crippen molar-refractivity contribution in [3.05, 3.63) is 35.9 Å². The number of benzene rings is 1. The minimum absolute atomic E-state index is 0.0780. The van der Waals surface area contributed by atoms with E-state index in [9.17, 15) is 0 Å². The number of hydrogen-bond acceptors (Lipinski definition) is 2. The second-order valence-corrected chi connectivity index (χ2v) is 6.92. The molecule has 2 heteroatoms. The van der Waals surface area contributed by atoms with E-state index in [4.69, 9.17) is 9.47 Å². The number of fused-ring (bicyclic) bond motifs is 1. The van der Waals surface area contributed by atoms with Crippen molar-refractivity contribution in [2.75, 3.05) is 0 Å². The maximum Gasteiger partial charge on any atom is 0.126 e. The molecule has 0 aliphatic carbocycles. The lowest BCUT2D eigenvalue weighted by molar-refractivity contribution is 0.248. The van der Waals surface area contributed by atoms with Gasteiger partial charge in [-0.3, -0.25) is 0 Å². The van der Waals surface area contributed by atoms with Crippen molar-refractivity contribution >= 4 is 0 Å². The summed E-state index contributed by atoms with van der Waals surface area (Å²) in [5.41, 5.74) is 1.61. The summed E-state index contributed by atoms with van der Waals surface area (Å²) in [6, 6.07) is 6.15. The van der Waals surface area contributed by atoms with Crippen LogP contribution in [0.25, 0.3) is 0 Å². The number of hydrogen-bond donors (Lipinski definition) is 0. The van der Waals surface area contributed by atoms with Gasteiger partial charge in [0.2, 0.25) is 0 Å². The van der Waals surface area contributed by atoms with E-state index in [0.29, 0.717) is 5.41 Å². The van der Waals surface area contributed by atoms with Gasteiger partial charge in [-0.15, -0.1) is 0 Å². The molecule has 20 heavy (non-hydrogen) atoms. The fraction of sp³-hybridized carbons (Fsp3) is 0.556. The van der Waals surface area contributed by atoms with Crippen molar-refractivity contribution in [3.63, 3.8) is 0 Å². The van der Waals surface area contributed by atoms with Crippen LogP contribution in [0.2, 0.25) is 0 Å². The Morgan fingerprint density at radius 3 is 2.85 bits per heavy atom. The van der Waals surface area contributed by atoms with E-state index in [1.165, 1.54) is 5.56 Å². The lowest BCUT2D eigenvalue weighted by atomic mass is 9.92. The molecule has 0 bridgehead atoms. The van der Waals surface area contributed by atoms with E-state index >= 15 is 0 Å². The smallest absolute Gasteiger partial charge is 0.126 e. The molecule has 0 radical (unpaired) electrons.